The molecule has 2 amide bonds. The van der Waals surface area contributed by atoms with E-state index in [1.165, 1.54) is 21.1 Å². The molecule has 2 rings (SSSR count). The second-order valence-corrected chi connectivity index (χ2v) is 5.25. The molecule has 0 heterocycles. The molecule has 0 unspecified atom stereocenters. The Morgan fingerprint density at radius 3 is 2.21 bits per heavy atom. The van der Waals surface area contributed by atoms with Crippen LogP contribution in [0.25, 0.3) is 0 Å². The van der Waals surface area contributed by atoms with E-state index in [1.54, 1.807) is 24.3 Å². The van der Waals surface area contributed by atoms with Gasteiger partial charge in [0.05, 0.1) is 25.5 Å². The highest BCUT2D eigenvalue weighted by Gasteiger charge is 2.16. The number of anilines is 2. The Kier molecular flexibility index (Phi) is 5.42. The molecule has 0 aliphatic rings. The fraction of sp³-hybridized carbons (Fsp3) is 0.222. The van der Waals surface area contributed by atoms with Crippen LogP contribution in [0.1, 0.15) is 22.8 Å². The van der Waals surface area contributed by atoms with Gasteiger partial charge in [-0.1, -0.05) is 6.07 Å². The highest BCUT2D eigenvalue weighted by Crippen LogP contribution is 2.28. The minimum Gasteiger partial charge on any atom is -0.496 e. The van der Waals surface area contributed by atoms with Gasteiger partial charge in [-0.15, -0.1) is 0 Å². The first-order valence-corrected chi connectivity index (χ1v) is 7.36. The van der Waals surface area contributed by atoms with Crippen molar-refractivity contribution in [2.24, 2.45) is 0 Å². The molecule has 2 N–H and O–H groups in total. The van der Waals surface area contributed by atoms with Gasteiger partial charge in [0.2, 0.25) is 5.91 Å². The Morgan fingerprint density at radius 2 is 1.58 bits per heavy atom. The van der Waals surface area contributed by atoms with E-state index in [9.17, 15) is 9.59 Å². The summed E-state index contributed by atoms with van der Waals surface area (Å²) in [5.74, 6) is 0.397. The number of ether oxygens (including phenoxy) is 2. The van der Waals surface area contributed by atoms with Gasteiger partial charge >= 0.3 is 0 Å². The summed E-state index contributed by atoms with van der Waals surface area (Å²) in [7, 11) is 3.02. The molecule has 2 aromatic rings. The first-order valence-electron chi connectivity index (χ1n) is 7.36. The van der Waals surface area contributed by atoms with Crippen molar-refractivity contribution in [3.63, 3.8) is 0 Å². The lowest BCUT2D eigenvalue weighted by atomic mass is 10.1. The number of nitrogens with one attached hydrogen (secondary N) is 2. The number of benzene rings is 2. The maximum absolute atomic E-state index is 12.7. The van der Waals surface area contributed by atoms with E-state index in [-0.39, 0.29) is 11.8 Å². The minimum atomic E-state index is -0.358. The Hall–Kier alpha value is -3.02. The summed E-state index contributed by atoms with van der Waals surface area (Å²) >= 11 is 0. The van der Waals surface area contributed by atoms with Crippen LogP contribution >= 0.6 is 0 Å². The molecule has 0 bridgehead atoms. The molecule has 24 heavy (non-hydrogen) atoms. The van der Waals surface area contributed by atoms with Crippen LogP contribution in [0.15, 0.2) is 36.4 Å². The molecule has 0 atom stereocenters. The third-order valence-electron chi connectivity index (χ3n) is 3.37. The van der Waals surface area contributed by atoms with Crippen LogP contribution in [-0.4, -0.2) is 26.0 Å². The lowest BCUT2D eigenvalue weighted by Gasteiger charge is -2.14. The monoisotopic (exact) mass is 328 g/mol. The number of aryl methyl sites for hydroxylation is 1. The number of rotatable bonds is 5. The lowest BCUT2D eigenvalue weighted by molar-refractivity contribution is -0.114. The summed E-state index contributed by atoms with van der Waals surface area (Å²) in [5, 5.41) is 5.46. The second-order valence-electron chi connectivity index (χ2n) is 5.25. The second kappa shape index (κ2) is 7.50. The molecule has 0 radical (unpaired) electrons. The summed E-state index contributed by atoms with van der Waals surface area (Å²) in [6, 6.07) is 10.4. The third-order valence-corrected chi connectivity index (χ3v) is 3.37. The van der Waals surface area contributed by atoms with Gasteiger partial charge in [-0.3, -0.25) is 9.59 Å². The summed E-state index contributed by atoms with van der Waals surface area (Å²) in [4.78, 5) is 23.9. The van der Waals surface area contributed by atoms with Crippen LogP contribution in [0.4, 0.5) is 11.4 Å². The van der Waals surface area contributed by atoms with Crippen LogP contribution in [0.5, 0.6) is 11.5 Å². The van der Waals surface area contributed by atoms with Crippen LogP contribution in [0.3, 0.4) is 0 Å². The fourth-order valence-electron chi connectivity index (χ4n) is 2.28. The molecule has 0 aliphatic carbocycles. The van der Waals surface area contributed by atoms with Crippen molar-refractivity contribution in [3.8, 4) is 11.5 Å². The molecule has 0 aliphatic heterocycles. The summed E-state index contributed by atoms with van der Waals surface area (Å²) in [5.41, 5.74) is 2.39. The SMILES string of the molecule is COc1ccc(C)cc1NC(=O)c1cc(NC(C)=O)ccc1OC. The molecule has 2 aromatic carbocycles. The number of hydrogen-bond donors (Lipinski definition) is 2. The standard InChI is InChI=1S/C18H20N2O4/c1-11-5-7-17(24-4)15(9-11)20-18(22)14-10-13(19-12(2)21)6-8-16(14)23-3/h5-10H,1-4H3,(H,19,21)(H,20,22). The largest absolute Gasteiger partial charge is 0.496 e. The van der Waals surface area contributed by atoms with Crippen molar-refractivity contribution in [1.82, 2.24) is 0 Å². The quantitative estimate of drug-likeness (QED) is 0.883. The predicted octanol–water partition coefficient (Wildman–Crippen LogP) is 3.22. The van der Waals surface area contributed by atoms with E-state index in [0.717, 1.165) is 5.56 Å². The maximum atomic E-state index is 12.7. The Morgan fingerprint density at radius 1 is 0.917 bits per heavy atom. The van der Waals surface area contributed by atoms with E-state index < -0.39 is 0 Å². The topological polar surface area (TPSA) is 76.7 Å². The molecule has 0 saturated heterocycles. The average Bonchev–Trinajstić information content (AvgIpc) is 2.54. The van der Waals surface area contributed by atoms with Crippen LogP contribution < -0.4 is 20.1 Å². The maximum Gasteiger partial charge on any atom is 0.259 e. The van der Waals surface area contributed by atoms with Crippen molar-refractivity contribution in [2.45, 2.75) is 13.8 Å². The molecular weight excluding hydrogens is 308 g/mol. The van der Waals surface area contributed by atoms with E-state index in [0.29, 0.717) is 28.4 Å². The predicted molar refractivity (Wildman–Crippen MR) is 93.0 cm³/mol. The van der Waals surface area contributed by atoms with Gasteiger partial charge in [-0.05, 0) is 42.8 Å². The smallest absolute Gasteiger partial charge is 0.259 e. The molecule has 0 saturated carbocycles. The molecule has 6 heteroatoms. The summed E-state index contributed by atoms with van der Waals surface area (Å²) in [6.07, 6.45) is 0. The number of methoxy groups -OCH3 is 2. The summed E-state index contributed by atoms with van der Waals surface area (Å²) in [6.45, 7) is 3.33. The van der Waals surface area contributed by atoms with Crippen molar-refractivity contribution < 1.29 is 19.1 Å². The van der Waals surface area contributed by atoms with Gasteiger partial charge in [0, 0.05) is 12.6 Å². The molecule has 0 aromatic heterocycles. The number of amides is 2. The lowest BCUT2D eigenvalue weighted by Crippen LogP contribution is -2.15. The van der Waals surface area contributed by atoms with Gasteiger partial charge in [-0.2, -0.15) is 0 Å². The highest BCUT2D eigenvalue weighted by atomic mass is 16.5. The molecule has 6 nitrogen and oxygen atoms in total. The van der Waals surface area contributed by atoms with Crippen molar-refractivity contribution in [3.05, 3.63) is 47.5 Å². The van der Waals surface area contributed by atoms with E-state index in [2.05, 4.69) is 10.6 Å². The van der Waals surface area contributed by atoms with E-state index in [4.69, 9.17) is 9.47 Å². The van der Waals surface area contributed by atoms with Gasteiger partial charge in [0.1, 0.15) is 11.5 Å². The molecule has 126 valence electrons. The van der Waals surface area contributed by atoms with Crippen LogP contribution in [0, 0.1) is 6.92 Å². The van der Waals surface area contributed by atoms with Gasteiger partial charge < -0.3 is 20.1 Å². The number of carbonyl (C=O) groups is 2. The van der Waals surface area contributed by atoms with Gasteiger partial charge in [0.25, 0.3) is 5.91 Å². The zero-order valence-electron chi connectivity index (χ0n) is 14.1. The van der Waals surface area contributed by atoms with Crippen molar-refractivity contribution in [1.29, 1.82) is 0 Å². The Balaban J connectivity index is 2.35. The number of hydrogen-bond acceptors (Lipinski definition) is 4. The summed E-state index contributed by atoms with van der Waals surface area (Å²) < 4.78 is 10.5. The zero-order valence-corrected chi connectivity index (χ0v) is 14.1. The van der Waals surface area contributed by atoms with Crippen LogP contribution in [0.2, 0.25) is 0 Å². The molecule has 0 spiro atoms. The Bertz CT molecular complexity index is 772. The number of carbonyl (C=O) groups excluding carboxylic acids is 2. The average molecular weight is 328 g/mol. The first kappa shape index (κ1) is 17.3. The van der Waals surface area contributed by atoms with Gasteiger partial charge in [-0.25, -0.2) is 0 Å². The zero-order chi connectivity index (χ0) is 17.7. The van der Waals surface area contributed by atoms with E-state index in [1.807, 2.05) is 19.1 Å². The van der Waals surface area contributed by atoms with Crippen LogP contribution in [-0.2, 0) is 4.79 Å². The minimum absolute atomic E-state index is 0.216. The first-order chi connectivity index (χ1) is 11.4. The van der Waals surface area contributed by atoms with E-state index >= 15 is 0 Å². The highest BCUT2D eigenvalue weighted by molar-refractivity contribution is 6.08. The third kappa shape index (κ3) is 4.04. The normalized spacial score (nSPS) is 10.0. The molecule has 0 fully saturated rings. The molecular formula is C18H20N2O4. The Labute approximate surface area is 140 Å². The van der Waals surface area contributed by atoms with Gasteiger partial charge in [0.15, 0.2) is 0 Å². The van der Waals surface area contributed by atoms with Crippen molar-refractivity contribution in [2.75, 3.05) is 24.9 Å². The van der Waals surface area contributed by atoms with Crippen molar-refractivity contribution >= 4 is 23.2 Å². The fourth-order valence-corrected chi connectivity index (χ4v) is 2.28.